The second kappa shape index (κ2) is 5.50. The lowest BCUT2D eigenvalue weighted by atomic mass is 9.78. The molecular weight excluding hydrogens is 196 g/mol. The number of hydrogen-bond donors (Lipinski definition) is 1. The number of nitrogens with one attached hydrogen (secondary N) is 1. The van der Waals surface area contributed by atoms with E-state index in [1.807, 2.05) is 0 Å². The molecule has 0 bridgehead atoms. The SMILES string of the molecule is CNCC1CCC1N(CCC(C)C)C1CC1. The van der Waals surface area contributed by atoms with Crippen LogP contribution in [0.5, 0.6) is 0 Å². The third-order valence-corrected chi connectivity index (χ3v) is 4.25. The van der Waals surface area contributed by atoms with E-state index in [0.29, 0.717) is 0 Å². The summed E-state index contributed by atoms with van der Waals surface area (Å²) in [5, 5.41) is 3.35. The molecule has 2 heteroatoms. The monoisotopic (exact) mass is 224 g/mol. The van der Waals surface area contributed by atoms with Gasteiger partial charge in [0.25, 0.3) is 0 Å². The van der Waals surface area contributed by atoms with Crippen molar-refractivity contribution in [3.63, 3.8) is 0 Å². The van der Waals surface area contributed by atoms with Gasteiger partial charge in [0.15, 0.2) is 0 Å². The molecule has 2 aliphatic rings. The summed E-state index contributed by atoms with van der Waals surface area (Å²) < 4.78 is 0. The van der Waals surface area contributed by atoms with E-state index >= 15 is 0 Å². The summed E-state index contributed by atoms with van der Waals surface area (Å²) >= 11 is 0. The molecule has 2 fully saturated rings. The van der Waals surface area contributed by atoms with Gasteiger partial charge in [0, 0.05) is 12.1 Å². The average Bonchev–Trinajstić information content (AvgIpc) is 3.02. The lowest BCUT2D eigenvalue weighted by molar-refractivity contribution is 0.0522. The Bertz CT molecular complexity index is 211. The van der Waals surface area contributed by atoms with Gasteiger partial charge in [-0.1, -0.05) is 13.8 Å². The Balaban J connectivity index is 1.81. The van der Waals surface area contributed by atoms with Crippen molar-refractivity contribution in [2.45, 2.75) is 58.0 Å². The molecule has 2 aliphatic carbocycles. The molecule has 94 valence electrons. The van der Waals surface area contributed by atoms with Gasteiger partial charge in [-0.05, 0) is 64.1 Å². The van der Waals surface area contributed by atoms with Crippen LogP contribution in [0.4, 0.5) is 0 Å². The summed E-state index contributed by atoms with van der Waals surface area (Å²) in [5.74, 6) is 1.78. The first kappa shape index (κ1) is 12.4. The third kappa shape index (κ3) is 2.98. The van der Waals surface area contributed by atoms with Gasteiger partial charge in [-0.15, -0.1) is 0 Å². The highest BCUT2D eigenvalue weighted by Gasteiger charge is 2.41. The minimum atomic E-state index is 0.851. The second-order valence-corrected chi connectivity index (χ2v) is 6.11. The molecule has 0 spiro atoms. The molecule has 0 aliphatic heterocycles. The fourth-order valence-electron chi connectivity index (χ4n) is 2.92. The third-order valence-electron chi connectivity index (χ3n) is 4.25. The van der Waals surface area contributed by atoms with Gasteiger partial charge in [0.1, 0.15) is 0 Å². The molecule has 0 aromatic carbocycles. The maximum absolute atomic E-state index is 3.35. The molecule has 0 heterocycles. The van der Waals surface area contributed by atoms with Gasteiger partial charge in [0.2, 0.25) is 0 Å². The Labute approximate surface area is 101 Å². The van der Waals surface area contributed by atoms with Crippen LogP contribution in [0.3, 0.4) is 0 Å². The maximum Gasteiger partial charge on any atom is 0.0139 e. The Morgan fingerprint density at radius 3 is 2.38 bits per heavy atom. The standard InChI is InChI=1S/C14H28N2/c1-11(2)8-9-16(13-5-6-13)14-7-4-12(14)10-15-3/h11-15H,4-10H2,1-3H3. The second-order valence-electron chi connectivity index (χ2n) is 6.11. The maximum atomic E-state index is 3.35. The van der Waals surface area contributed by atoms with E-state index in [1.54, 1.807) is 0 Å². The van der Waals surface area contributed by atoms with Crippen molar-refractivity contribution in [3.05, 3.63) is 0 Å². The van der Waals surface area contributed by atoms with Crippen molar-refractivity contribution in [3.8, 4) is 0 Å². The van der Waals surface area contributed by atoms with E-state index in [2.05, 4.69) is 31.1 Å². The largest absolute Gasteiger partial charge is 0.319 e. The Morgan fingerprint density at radius 1 is 1.19 bits per heavy atom. The smallest absolute Gasteiger partial charge is 0.0139 e. The summed E-state index contributed by atoms with van der Waals surface area (Å²) in [5.41, 5.74) is 0. The fraction of sp³-hybridized carbons (Fsp3) is 1.00. The van der Waals surface area contributed by atoms with E-state index in [1.165, 1.54) is 45.2 Å². The van der Waals surface area contributed by atoms with Gasteiger partial charge in [-0.3, -0.25) is 4.90 Å². The minimum Gasteiger partial charge on any atom is -0.319 e. The molecule has 2 atom stereocenters. The van der Waals surface area contributed by atoms with Crippen LogP contribution in [-0.2, 0) is 0 Å². The highest BCUT2D eigenvalue weighted by molar-refractivity contribution is 4.96. The highest BCUT2D eigenvalue weighted by Crippen LogP contribution is 2.39. The van der Waals surface area contributed by atoms with Gasteiger partial charge in [-0.2, -0.15) is 0 Å². The quantitative estimate of drug-likeness (QED) is 0.715. The molecular formula is C14H28N2. The van der Waals surface area contributed by atoms with Gasteiger partial charge in [0.05, 0.1) is 0 Å². The molecule has 0 aromatic rings. The first-order valence-corrected chi connectivity index (χ1v) is 7.12. The minimum absolute atomic E-state index is 0.851. The fourth-order valence-corrected chi connectivity index (χ4v) is 2.92. The molecule has 2 unspecified atom stereocenters. The van der Waals surface area contributed by atoms with Crippen molar-refractivity contribution in [2.75, 3.05) is 20.1 Å². The summed E-state index contributed by atoms with van der Waals surface area (Å²) in [6.45, 7) is 7.25. The number of hydrogen-bond acceptors (Lipinski definition) is 2. The highest BCUT2D eigenvalue weighted by atomic mass is 15.2. The van der Waals surface area contributed by atoms with Crippen LogP contribution in [0.1, 0.15) is 46.0 Å². The van der Waals surface area contributed by atoms with Crippen LogP contribution >= 0.6 is 0 Å². The van der Waals surface area contributed by atoms with Crippen LogP contribution in [0, 0.1) is 11.8 Å². The Hall–Kier alpha value is -0.0800. The van der Waals surface area contributed by atoms with E-state index in [-0.39, 0.29) is 0 Å². The van der Waals surface area contributed by atoms with Crippen LogP contribution in [0.25, 0.3) is 0 Å². The summed E-state index contributed by atoms with van der Waals surface area (Å²) in [6, 6.07) is 1.85. The first-order chi connectivity index (χ1) is 7.72. The van der Waals surface area contributed by atoms with Crippen LogP contribution in [-0.4, -0.2) is 37.1 Å². The summed E-state index contributed by atoms with van der Waals surface area (Å²) in [7, 11) is 2.09. The number of rotatable bonds is 7. The van der Waals surface area contributed by atoms with Crippen LogP contribution in [0.15, 0.2) is 0 Å². The Kier molecular flexibility index (Phi) is 4.26. The zero-order valence-electron chi connectivity index (χ0n) is 11.2. The molecule has 2 saturated carbocycles. The molecule has 0 saturated heterocycles. The molecule has 16 heavy (non-hydrogen) atoms. The van der Waals surface area contributed by atoms with Crippen molar-refractivity contribution in [1.29, 1.82) is 0 Å². The van der Waals surface area contributed by atoms with Crippen molar-refractivity contribution in [1.82, 2.24) is 10.2 Å². The molecule has 0 radical (unpaired) electrons. The van der Waals surface area contributed by atoms with E-state index in [4.69, 9.17) is 0 Å². The summed E-state index contributed by atoms with van der Waals surface area (Å²) in [6.07, 6.45) is 7.18. The van der Waals surface area contributed by atoms with Gasteiger partial charge in [-0.25, -0.2) is 0 Å². The van der Waals surface area contributed by atoms with E-state index < -0.39 is 0 Å². The van der Waals surface area contributed by atoms with Gasteiger partial charge >= 0.3 is 0 Å². The topological polar surface area (TPSA) is 15.3 Å². The number of nitrogens with zero attached hydrogens (tertiary/aromatic N) is 1. The Morgan fingerprint density at radius 2 is 1.94 bits per heavy atom. The zero-order valence-corrected chi connectivity index (χ0v) is 11.2. The molecule has 2 nitrogen and oxygen atoms in total. The van der Waals surface area contributed by atoms with Crippen LogP contribution < -0.4 is 5.32 Å². The molecule has 0 aromatic heterocycles. The van der Waals surface area contributed by atoms with Crippen molar-refractivity contribution >= 4 is 0 Å². The van der Waals surface area contributed by atoms with Crippen molar-refractivity contribution < 1.29 is 0 Å². The molecule has 0 amide bonds. The van der Waals surface area contributed by atoms with Crippen LogP contribution in [0.2, 0.25) is 0 Å². The lowest BCUT2D eigenvalue weighted by Crippen LogP contribution is -2.51. The first-order valence-electron chi connectivity index (χ1n) is 7.12. The lowest BCUT2D eigenvalue weighted by Gasteiger charge is -2.45. The summed E-state index contributed by atoms with van der Waals surface area (Å²) in [4.78, 5) is 2.84. The zero-order chi connectivity index (χ0) is 11.5. The normalized spacial score (nSPS) is 29.8. The van der Waals surface area contributed by atoms with Gasteiger partial charge < -0.3 is 5.32 Å². The van der Waals surface area contributed by atoms with E-state index in [9.17, 15) is 0 Å². The van der Waals surface area contributed by atoms with E-state index in [0.717, 1.165) is 23.9 Å². The predicted octanol–water partition coefficient (Wildman–Crippen LogP) is 2.49. The van der Waals surface area contributed by atoms with Crippen molar-refractivity contribution in [2.24, 2.45) is 11.8 Å². The predicted molar refractivity (Wildman–Crippen MR) is 69.6 cm³/mol. The molecule has 2 rings (SSSR count). The molecule has 1 N–H and O–H groups in total. The average molecular weight is 224 g/mol.